The molecule has 0 spiro atoms. The number of anilines is 1. The van der Waals surface area contributed by atoms with Gasteiger partial charge in [-0.15, -0.1) is 0 Å². The number of nitrogens with one attached hydrogen (secondary N) is 2. The smallest absolute Gasteiger partial charge is 0.319 e. The fourth-order valence-corrected chi connectivity index (χ4v) is 2.62. The van der Waals surface area contributed by atoms with Gasteiger partial charge in [0.05, 0.1) is 20.1 Å². The molecular formula is C20H24N2O4. The van der Waals surface area contributed by atoms with Gasteiger partial charge in [-0.25, -0.2) is 4.79 Å². The summed E-state index contributed by atoms with van der Waals surface area (Å²) in [4.78, 5) is 24.2. The molecule has 2 N–H and O–H groups in total. The Hall–Kier alpha value is -3.02. The maximum atomic E-state index is 12.1. The van der Waals surface area contributed by atoms with Gasteiger partial charge in [-0.3, -0.25) is 4.79 Å². The standard InChI is InChI=1S/C20H24N2O4/c1-14-6-4-7-15(10-14)11-16(19(23)26-3)13-21-20(24)22-17-8-5-9-18(12-17)25-2/h4-10,12,16H,11,13H2,1-3H3,(H2,21,22,24). The average Bonchev–Trinajstić information content (AvgIpc) is 2.64. The first-order chi connectivity index (χ1) is 12.5. The molecule has 2 amide bonds. The Morgan fingerprint density at radius 2 is 1.85 bits per heavy atom. The monoisotopic (exact) mass is 356 g/mol. The van der Waals surface area contributed by atoms with E-state index < -0.39 is 11.9 Å². The molecule has 2 rings (SSSR count). The maximum Gasteiger partial charge on any atom is 0.319 e. The largest absolute Gasteiger partial charge is 0.497 e. The minimum Gasteiger partial charge on any atom is -0.497 e. The van der Waals surface area contributed by atoms with Gasteiger partial charge in [-0.2, -0.15) is 0 Å². The van der Waals surface area contributed by atoms with Crippen molar-refractivity contribution < 1.29 is 19.1 Å². The van der Waals surface area contributed by atoms with Crippen LogP contribution < -0.4 is 15.4 Å². The van der Waals surface area contributed by atoms with Crippen LogP contribution in [0.3, 0.4) is 0 Å². The zero-order valence-corrected chi connectivity index (χ0v) is 15.2. The molecule has 0 aromatic heterocycles. The summed E-state index contributed by atoms with van der Waals surface area (Å²) in [7, 11) is 2.91. The van der Waals surface area contributed by atoms with E-state index in [1.165, 1.54) is 7.11 Å². The summed E-state index contributed by atoms with van der Waals surface area (Å²) in [6.45, 7) is 2.17. The normalized spacial score (nSPS) is 11.3. The Balaban J connectivity index is 1.95. The van der Waals surface area contributed by atoms with Crippen molar-refractivity contribution in [1.82, 2.24) is 5.32 Å². The molecule has 0 saturated carbocycles. The van der Waals surface area contributed by atoms with Gasteiger partial charge in [0.25, 0.3) is 0 Å². The SMILES string of the molecule is COC(=O)C(CNC(=O)Nc1cccc(OC)c1)Cc1cccc(C)c1. The first kappa shape index (κ1) is 19.3. The van der Waals surface area contributed by atoms with Gasteiger partial charge in [0, 0.05) is 18.3 Å². The van der Waals surface area contributed by atoms with Crippen LogP contribution in [0.5, 0.6) is 5.75 Å². The molecule has 0 fully saturated rings. The van der Waals surface area contributed by atoms with Crippen LogP contribution in [0.25, 0.3) is 0 Å². The van der Waals surface area contributed by atoms with Crippen molar-refractivity contribution in [1.29, 1.82) is 0 Å². The van der Waals surface area contributed by atoms with Gasteiger partial charge >= 0.3 is 12.0 Å². The summed E-state index contributed by atoms with van der Waals surface area (Å²) in [5.41, 5.74) is 2.75. The number of aryl methyl sites for hydroxylation is 1. The molecule has 0 aliphatic rings. The van der Waals surface area contributed by atoms with Crippen molar-refractivity contribution in [3.8, 4) is 5.75 Å². The van der Waals surface area contributed by atoms with Gasteiger partial charge in [0.1, 0.15) is 5.75 Å². The van der Waals surface area contributed by atoms with Gasteiger partial charge in [-0.05, 0) is 31.0 Å². The molecule has 0 heterocycles. The predicted octanol–water partition coefficient (Wildman–Crippen LogP) is 3.16. The highest BCUT2D eigenvalue weighted by atomic mass is 16.5. The summed E-state index contributed by atoms with van der Waals surface area (Å²) in [5.74, 6) is -0.166. The molecular weight excluding hydrogens is 332 g/mol. The number of carbonyl (C=O) groups is 2. The lowest BCUT2D eigenvalue weighted by molar-refractivity contribution is -0.145. The number of rotatable bonds is 7. The fourth-order valence-electron chi connectivity index (χ4n) is 2.62. The summed E-state index contributed by atoms with van der Waals surface area (Å²) >= 11 is 0. The highest BCUT2D eigenvalue weighted by Crippen LogP contribution is 2.16. The molecule has 6 heteroatoms. The minimum atomic E-state index is -0.460. The van der Waals surface area contributed by atoms with E-state index in [0.717, 1.165) is 11.1 Å². The molecule has 138 valence electrons. The predicted molar refractivity (Wildman–Crippen MR) is 100 cm³/mol. The average molecular weight is 356 g/mol. The van der Waals surface area contributed by atoms with Crippen LogP contribution in [-0.4, -0.2) is 32.8 Å². The van der Waals surface area contributed by atoms with Crippen LogP contribution in [0.1, 0.15) is 11.1 Å². The Kier molecular flexibility index (Phi) is 7.02. The Morgan fingerprint density at radius 1 is 1.08 bits per heavy atom. The lowest BCUT2D eigenvalue weighted by atomic mass is 9.98. The van der Waals surface area contributed by atoms with Crippen molar-refractivity contribution in [2.45, 2.75) is 13.3 Å². The van der Waals surface area contributed by atoms with Crippen LogP contribution >= 0.6 is 0 Å². The summed E-state index contributed by atoms with van der Waals surface area (Å²) < 4.78 is 9.99. The number of esters is 1. The first-order valence-electron chi connectivity index (χ1n) is 8.34. The zero-order chi connectivity index (χ0) is 18.9. The highest BCUT2D eigenvalue weighted by Gasteiger charge is 2.20. The number of ether oxygens (including phenoxy) is 2. The van der Waals surface area contributed by atoms with E-state index in [0.29, 0.717) is 17.9 Å². The minimum absolute atomic E-state index is 0.177. The lowest BCUT2D eigenvalue weighted by Gasteiger charge is -2.16. The molecule has 0 saturated heterocycles. The van der Waals surface area contributed by atoms with Gasteiger partial charge in [-0.1, -0.05) is 35.9 Å². The van der Waals surface area contributed by atoms with Crippen molar-refractivity contribution in [2.24, 2.45) is 5.92 Å². The summed E-state index contributed by atoms with van der Waals surface area (Å²) in [5, 5.41) is 5.45. The fraction of sp³-hybridized carbons (Fsp3) is 0.300. The molecule has 1 unspecified atom stereocenters. The third-order valence-corrected chi connectivity index (χ3v) is 3.94. The topological polar surface area (TPSA) is 76.7 Å². The van der Waals surface area contributed by atoms with E-state index in [1.54, 1.807) is 31.4 Å². The van der Waals surface area contributed by atoms with Gasteiger partial charge in [0.2, 0.25) is 0 Å². The molecule has 0 bridgehead atoms. The first-order valence-corrected chi connectivity index (χ1v) is 8.34. The number of hydrogen-bond donors (Lipinski definition) is 2. The molecule has 0 aliphatic heterocycles. The van der Waals surface area contributed by atoms with E-state index in [9.17, 15) is 9.59 Å². The second-order valence-electron chi connectivity index (χ2n) is 5.98. The maximum absolute atomic E-state index is 12.1. The van der Waals surface area contributed by atoms with Crippen molar-refractivity contribution >= 4 is 17.7 Å². The molecule has 26 heavy (non-hydrogen) atoms. The molecule has 0 radical (unpaired) electrons. The summed E-state index contributed by atoms with van der Waals surface area (Å²) in [6.07, 6.45) is 0.494. The van der Waals surface area contributed by atoms with Crippen molar-refractivity contribution in [3.05, 3.63) is 59.7 Å². The number of urea groups is 1. The Bertz CT molecular complexity index is 761. The zero-order valence-electron chi connectivity index (χ0n) is 15.2. The van der Waals surface area contributed by atoms with Gasteiger partial charge < -0.3 is 20.1 Å². The quantitative estimate of drug-likeness (QED) is 0.747. The molecule has 6 nitrogen and oxygen atoms in total. The highest BCUT2D eigenvalue weighted by molar-refractivity contribution is 5.89. The third kappa shape index (κ3) is 5.81. The molecule has 0 aliphatic carbocycles. The van der Waals surface area contributed by atoms with Crippen LogP contribution in [0.15, 0.2) is 48.5 Å². The summed E-state index contributed by atoms with van der Waals surface area (Å²) in [6, 6.07) is 14.6. The number of methoxy groups -OCH3 is 2. The van der Waals surface area contributed by atoms with Crippen LogP contribution in [0, 0.1) is 12.8 Å². The number of carbonyl (C=O) groups excluding carboxylic acids is 2. The van der Waals surface area contributed by atoms with E-state index in [-0.39, 0.29) is 12.5 Å². The van der Waals surface area contributed by atoms with E-state index in [4.69, 9.17) is 9.47 Å². The van der Waals surface area contributed by atoms with E-state index in [2.05, 4.69) is 10.6 Å². The van der Waals surface area contributed by atoms with Crippen molar-refractivity contribution in [2.75, 3.05) is 26.1 Å². The van der Waals surface area contributed by atoms with Crippen LogP contribution in [0.4, 0.5) is 10.5 Å². The van der Waals surface area contributed by atoms with Crippen LogP contribution in [0.2, 0.25) is 0 Å². The lowest BCUT2D eigenvalue weighted by Crippen LogP contribution is -2.37. The number of hydrogen-bond acceptors (Lipinski definition) is 4. The number of amides is 2. The second kappa shape index (κ2) is 9.46. The number of benzene rings is 2. The third-order valence-electron chi connectivity index (χ3n) is 3.94. The molecule has 2 aromatic carbocycles. The van der Waals surface area contributed by atoms with E-state index >= 15 is 0 Å². The Morgan fingerprint density at radius 3 is 2.54 bits per heavy atom. The molecule has 1 atom stereocenters. The van der Waals surface area contributed by atoms with E-state index in [1.807, 2.05) is 31.2 Å². The van der Waals surface area contributed by atoms with Gasteiger partial charge in [0.15, 0.2) is 0 Å². The molecule has 2 aromatic rings. The Labute approximate surface area is 153 Å². The van der Waals surface area contributed by atoms with Crippen molar-refractivity contribution in [3.63, 3.8) is 0 Å². The second-order valence-corrected chi connectivity index (χ2v) is 5.98. The van der Waals surface area contributed by atoms with Crippen LogP contribution in [-0.2, 0) is 16.0 Å².